The average molecular weight is 399 g/mol. The first-order valence-electron chi connectivity index (χ1n) is 10.2. The van der Waals surface area contributed by atoms with Crippen LogP contribution >= 0.6 is 0 Å². The average Bonchev–Trinajstić information content (AvgIpc) is 3.30. The van der Waals surface area contributed by atoms with E-state index in [2.05, 4.69) is 41.4 Å². The van der Waals surface area contributed by atoms with Crippen LogP contribution in [0.5, 0.6) is 0 Å². The summed E-state index contributed by atoms with van der Waals surface area (Å²) < 4.78 is 10.7. The van der Waals surface area contributed by atoms with Crippen molar-refractivity contribution in [1.82, 2.24) is 15.1 Å². The van der Waals surface area contributed by atoms with Crippen molar-refractivity contribution < 1.29 is 13.9 Å². The number of aliphatic imine (C=N–C) groups is 1. The van der Waals surface area contributed by atoms with Gasteiger partial charge in [0.05, 0.1) is 19.4 Å². The van der Waals surface area contributed by atoms with Gasteiger partial charge in [0.2, 0.25) is 0 Å². The van der Waals surface area contributed by atoms with Crippen molar-refractivity contribution in [3.63, 3.8) is 0 Å². The fourth-order valence-corrected chi connectivity index (χ4v) is 3.23. The van der Waals surface area contributed by atoms with E-state index >= 15 is 0 Å². The molecule has 1 aliphatic rings. The molecule has 1 N–H and O–H groups in total. The Kier molecular flexibility index (Phi) is 7.69. The SMILES string of the molecule is CCNC(=NCc1ccc(COCC)cc1)N1CCN(C(=O)c2ccco2)CC1. The summed E-state index contributed by atoms with van der Waals surface area (Å²) >= 11 is 0. The van der Waals surface area contributed by atoms with E-state index in [4.69, 9.17) is 14.1 Å². The number of benzene rings is 1. The minimum Gasteiger partial charge on any atom is -0.459 e. The zero-order chi connectivity index (χ0) is 20.5. The molecule has 29 heavy (non-hydrogen) atoms. The summed E-state index contributed by atoms with van der Waals surface area (Å²) in [7, 11) is 0. The van der Waals surface area contributed by atoms with E-state index in [1.807, 2.05) is 11.8 Å². The molecular formula is C22H30N4O3. The molecule has 1 aromatic heterocycles. The van der Waals surface area contributed by atoms with Crippen LogP contribution in [-0.2, 0) is 17.9 Å². The highest BCUT2D eigenvalue weighted by molar-refractivity contribution is 5.91. The number of nitrogens with zero attached hydrogens (tertiary/aromatic N) is 3. The van der Waals surface area contributed by atoms with E-state index in [0.717, 1.165) is 37.8 Å². The number of hydrogen-bond donors (Lipinski definition) is 1. The zero-order valence-corrected chi connectivity index (χ0v) is 17.3. The van der Waals surface area contributed by atoms with Crippen LogP contribution in [0, 0.1) is 0 Å². The van der Waals surface area contributed by atoms with Crippen molar-refractivity contribution in [2.75, 3.05) is 39.3 Å². The lowest BCUT2D eigenvalue weighted by molar-refractivity contribution is 0.0657. The van der Waals surface area contributed by atoms with Gasteiger partial charge in [-0.15, -0.1) is 0 Å². The number of amides is 1. The third-order valence-electron chi connectivity index (χ3n) is 4.84. The molecule has 0 radical (unpaired) electrons. The summed E-state index contributed by atoms with van der Waals surface area (Å²) in [5.41, 5.74) is 2.33. The van der Waals surface area contributed by atoms with Crippen molar-refractivity contribution >= 4 is 11.9 Å². The second kappa shape index (κ2) is 10.7. The molecule has 7 nitrogen and oxygen atoms in total. The highest BCUT2D eigenvalue weighted by Crippen LogP contribution is 2.11. The molecule has 7 heteroatoms. The van der Waals surface area contributed by atoms with E-state index in [0.29, 0.717) is 32.0 Å². The highest BCUT2D eigenvalue weighted by Gasteiger charge is 2.25. The maximum atomic E-state index is 12.4. The Balaban J connectivity index is 1.56. The predicted octanol–water partition coefficient (Wildman–Crippen LogP) is 2.74. The molecule has 2 aromatic rings. The van der Waals surface area contributed by atoms with Crippen LogP contribution in [0.3, 0.4) is 0 Å². The Morgan fingerprint density at radius 1 is 1.07 bits per heavy atom. The molecule has 3 rings (SSSR count). The van der Waals surface area contributed by atoms with Gasteiger partial charge in [-0.2, -0.15) is 0 Å². The summed E-state index contributed by atoms with van der Waals surface area (Å²) in [6.07, 6.45) is 1.53. The third-order valence-corrected chi connectivity index (χ3v) is 4.84. The second-order valence-electron chi connectivity index (χ2n) is 6.88. The Bertz CT molecular complexity index is 779. The van der Waals surface area contributed by atoms with E-state index in [9.17, 15) is 4.79 Å². The minimum absolute atomic E-state index is 0.0521. The Morgan fingerprint density at radius 3 is 2.38 bits per heavy atom. The summed E-state index contributed by atoms with van der Waals surface area (Å²) in [6, 6.07) is 11.8. The first kappa shape index (κ1) is 20.9. The molecule has 0 bridgehead atoms. The normalized spacial score (nSPS) is 14.9. The molecular weight excluding hydrogens is 368 g/mol. The van der Waals surface area contributed by atoms with Gasteiger partial charge in [0.1, 0.15) is 0 Å². The highest BCUT2D eigenvalue weighted by atomic mass is 16.5. The largest absolute Gasteiger partial charge is 0.459 e. The van der Waals surface area contributed by atoms with Gasteiger partial charge in [0.25, 0.3) is 5.91 Å². The molecule has 156 valence electrons. The van der Waals surface area contributed by atoms with Crippen LogP contribution in [0.25, 0.3) is 0 Å². The minimum atomic E-state index is -0.0521. The number of ether oxygens (including phenoxy) is 1. The summed E-state index contributed by atoms with van der Waals surface area (Å²) in [6.45, 7) is 9.62. The molecule has 2 heterocycles. The Hall–Kier alpha value is -2.80. The first-order chi connectivity index (χ1) is 14.2. The molecule has 1 aromatic carbocycles. The summed E-state index contributed by atoms with van der Waals surface area (Å²) in [4.78, 5) is 21.3. The number of carbonyl (C=O) groups excluding carboxylic acids is 1. The number of furan rings is 1. The van der Waals surface area contributed by atoms with E-state index in [1.165, 1.54) is 11.8 Å². The molecule has 0 unspecified atom stereocenters. The van der Waals surface area contributed by atoms with Gasteiger partial charge < -0.3 is 24.3 Å². The van der Waals surface area contributed by atoms with Crippen molar-refractivity contribution in [3.05, 3.63) is 59.5 Å². The lowest BCUT2D eigenvalue weighted by Crippen LogP contribution is -2.53. The predicted molar refractivity (Wildman–Crippen MR) is 113 cm³/mol. The van der Waals surface area contributed by atoms with Crippen molar-refractivity contribution in [1.29, 1.82) is 0 Å². The maximum Gasteiger partial charge on any atom is 0.289 e. The van der Waals surface area contributed by atoms with Crippen molar-refractivity contribution in [2.45, 2.75) is 27.0 Å². The monoisotopic (exact) mass is 398 g/mol. The molecule has 0 spiro atoms. The molecule has 1 saturated heterocycles. The third kappa shape index (κ3) is 5.84. The van der Waals surface area contributed by atoms with Crippen molar-refractivity contribution in [2.24, 2.45) is 4.99 Å². The zero-order valence-electron chi connectivity index (χ0n) is 17.3. The molecule has 1 fully saturated rings. The molecule has 1 aliphatic heterocycles. The van der Waals surface area contributed by atoms with Crippen LogP contribution < -0.4 is 5.32 Å². The summed E-state index contributed by atoms with van der Waals surface area (Å²) in [5.74, 6) is 1.23. The van der Waals surface area contributed by atoms with Gasteiger partial charge in [-0.3, -0.25) is 4.79 Å². The van der Waals surface area contributed by atoms with Gasteiger partial charge in [-0.05, 0) is 37.1 Å². The van der Waals surface area contributed by atoms with Crippen LogP contribution in [0.1, 0.15) is 35.5 Å². The van der Waals surface area contributed by atoms with Gasteiger partial charge in [0.15, 0.2) is 11.7 Å². The summed E-state index contributed by atoms with van der Waals surface area (Å²) in [5, 5.41) is 3.37. The maximum absolute atomic E-state index is 12.4. The van der Waals surface area contributed by atoms with Gasteiger partial charge in [-0.25, -0.2) is 4.99 Å². The van der Waals surface area contributed by atoms with E-state index in [-0.39, 0.29) is 5.91 Å². The van der Waals surface area contributed by atoms with Crippen LogP contribution in [-0.4, -0.2) is 61.0 Å². The standard InChI is InChI=1S/C22H30N4O3/c1-3-23-22(24-16-18-7-9-19(10-8-18)17-28-4-2)26-13-11-25(12-14-26)21(27)20-6-5-15-29-20/h5-10,15H,3-4,11-14,16-17H2,1-2H3,(H,23,24). The van der Waals surface area contributed by atoms with E-state index < -0.39 is 0 Å². The van der Waals surface area contributed by atoms with Gasteiger partial charge in [0, 0.05) is 39.3 Å². The number of rotatable bonds is 7. The first-order valence-corrected chi connectivity index (χ1v) is 10.2. The molecule has 0 saturated carbocycles. The molecule has 0 aliphatic carbocycles. The topological polar surface area (TPSA) is 70.3 Å². The molecule has 0 atom stereocenters. The quantitative estimate of drug-likeness (QED) is 0.574. The fourth-order valence-electron chi connectivity index (χ4n) is 3.23. The second-order valence-corrected chi connectivity index (χ2v) is 6.88. The smallest absolute Gasteiger partial charge is 0.289 e. The number of hydrogen-bond acceptors (Lipinski definition) is 4. The number of carbonyl (C=O) groups is 1. The van der Waals surface area contributed by atoms with Gasteiger partial charge >= 0.3 is 0 Å². The fraction of sp³-hybridized carbons (Fsp3) is 0.455. The van der Waals surface area contributed by atoms with Crippen LogP contribution in [0.4, 0.5) is 0 Å². The number of piperazine rings is 1. The number of guanidine groups is 1. The van der Waals surface area contributed by atoms with Crippen LogP contribution in [0.2, 0.25) is 0 Å². The van der Waals surface area contributed by atoms with Crippen LogP contribution in [0.15, 0.2) is 52.1 Å². The Morgan fingerprint density at radius 2 is 1.76 bits per heavy atom. The van der Waals surface area contributed by atoms with Gasteiger partial charge in [-0.1, -0.05) is 24.3 Å². The lowest BCUT2D eigenvalue weighted by atomic mass is 10.1. The molecule has 1 amide bonds. The number of nitrogens with one attached hydrogen (secondary N) is 1. The van der Waals surface area contributed by atoms with Crippen molar-refractivity contribution in [3.8, 4) is 0 Å². The lowest BCUT2D eigenvalue weighted by Gasteiger charge is -2.36. The Labute approximate surface area is 172 Å². The van der Waals surface area contributed by atoms with E-state index in [1.54, 1.807) is 12.1 Å².